The summed E-state index contributed by atoms with van der Waals surface area (Å²) in [7, 11) is -3.31. The largest absolute Gasteiger partial charge is 0.456 e. The van der Waals surface area contributed by atoms with Gasteiger partial charge in [-0.3, -0.25) is 15.0 Å². The van der Waals surface area contributed by atoms with Crippen LogP contribution in [0.1, 0.15) is 10.4 Å². The summed E-state index contributed by atoms with van der Waals surface area (Å²) >= 11 is 0. The third kappa shape index (κ3) is 4.14. The van der Waals surface area contributed by atoms with E-state index in [9.17, 15) is 23.3 Å². The molecule has 2 aliphatic heterocycles. The molecule has 0 bridgehead atoms. The highest BCUT2D eigenvalue weighted by Gasteiger charge is 2.43. The van der Waals surface area contributed by atoms with Gasteiger partial charge >= 0.3 is 5.97 Å². The van der Waals surface area contributed by atoms with Crippen LogP contribution in [0.5, 0.6) is 0 Å². The molecule has 2 aliphatic rings. The Morgan fingerprint density at radius 1 is 1.28 bits per heavy atom. The molecule has 2 unspecified atom stereocenters. The highest BCUT2D eigenvalue weighted by molar-refractivity contribution is 7.91. The third-order valence-electron chi connectivity index (χ3n) is 4.34. The number of hydrogen-bond acceptors (Lipinski definition) is 8. The number of nitrogens with zero attached hydrogens (tertiary/aromatic N) is 2. The molecule has 1 aromatic carbocycles. The lowest BCUT2D eigenvalue weighted by Gasteiger charge is -2.34. The molecule has 0 spiro atoms. The summed E-state index contributed by atoms with van der Waals surface area (Å²) in [6.45, 7) is 2.15. The zero-order valence-corrected chi connectivity index (χ0v) is 14.2. The van der Waals surface area contributed by atoms with E-state index >= 15 is 0 Å². The Balaban J connectivity index is 1.76. The quantitative estimate of drug-likeness (QED) is 0.421. The minimum absolute atomic E-state index is 0.0271. The van der Waals surface area contributed by atoms with Crippen LogP contribution in [0.2, 0.25) is 0 Å². The SMILES string of the molecule is O=C(OC1CS(=O)(=O)CC1N1CCOCC1)c1cccc([N+](=O)[O-])c1. The average Bonchev–Trinajstić information content (AvgIpc) is 2.90. The number of benzene rings is 1. The first kappa shape index (κ1) is 17.8. The summed E-state index contributed by atoms with van der Waals surface area (Å²) in [5, 5.41) is 10.8. The molecular weight excluding hydrogens is 352 g/mol. The van der Waals surface area contributed by atoms with Crippen molar-refractivity contribution in [2.75, 3.05) is 37.8 Å². The number of carbonyl (C=O) groups excluding carboxylic acids is 1. The summed E-state index contributed by atoms with van der Waals surface area (Å²) in [6.07, 6.45) is -0.796. The van der Waals surface area contributed by atoms with Crippen molar-refractivity contribution in [2.45, 2.75) is 12.1 Å². The molecule has 2 atom stereocenters. The van der Waals surface area contributed by atoms with Crippen molar-refractivity contribution in [1.82, 2.24) is 4.90 Å². The van der Waals surface area contributed by atoms with Gasteiger partial charge in [-0.25, -0.2) is 13.2 Å². The van der Waals surface area contributed by atoms with Crippen LogP contribution in [0, 0.1) is 10.1 Å². The normalized spacial score (nSPS) is 26.2. The van der Waals surface area contributed by atoms with E-state index in [-0.39, 0.29) is 22.8 Å². The molecular formula is C15H18N2O7S. The van der Waals surface area contributed by atoms with Gasteiger partial charge in [-0.2, -0.15) is 0 Å². The maximum atomic E-state index is 12.3. The Kier molecular flexibility index (Phi) is 5.02. The van der Waals surface area contributed by atoms with Gasteiger partial charge in [0.1, 0.15) is 6.10 Å². The van der Waals surface area contributed by atoms with Crippen molar-refractivity contribution in [3.05, 3.63) is 39.9 Å². The Labute approximate surface area is 144 Å². The summed E-state index contributed by atoms with van der Waals surface area (Å²) < 4.78 is 34.7. The van der Waals surface area contributed by atoms with Gasteiger partial charge < -0.3 is 9.47 Å². The van der Waals surface area contributed by atoms with Crippen LogP contribution in [0.4, 0.5) is 5.69 Å². The number of esters is 1. The van der Waals surface area contributed by atoms with Crippen molar-refractivity contribution in [1.29, 1.82) is 0 Å². The molecule has 2 saturated heterocycles. The molecule has 0 aliphatic carbocycles. The van der Waals surface area contributed by atoms with E-state index in [1.165, 1.54) is 18.2 Å². The number of sulfone groups is 1. The van der Waals surface area contributed by atoms with E-state index in [1.807, 2.05) is 4.90 Å². The lowest BCUT2D eigenvalue weighted by atomic mass is 10.1. The Hall–Kier alpha value is -2.04. The fourth-order valence-corrected chi connectivity index (χ4v) is 4.98. The predicted molar refractivity (Wildman–Crippen MR) is 87.1 cm³/mol. The highest BCUT2D eigenvalue weighted by Crippen LogP contribution is 2.24. The second kappa shape index (κ2) is 7.06. The van der Waals surface area contributed by atoms with Gasteiger partial charge in [0, 0.05) is 25.2 Å². The van der Waals surface area contributed by atoms with Gasteiger partial charge in [-0.15, -0.1) is 0 Å². The Morgan fingerprint density at radius 2 is 2.00 bits per heavy atom. The molecule has 9 nitrogen and oxygen atoms in total. The van der Waals surface area contributed by atoms with Gasteiger partial charge in [-0.05, 0) is 6.07 Å². The number of nitro benzene ring substituents is 1. The second-order valence-electron chi connectivity index (χ2n) is 6.04. The molecule has 0 N–H and O–H groups in total. The first-order valence-corrected chi connectivity index (χ1v) is 9.65. The lowest BCUT2D eigenvalue weighted by Crippen LogP contribution is -2.49. The second-order valence-corrected chi connectivity index (χ2v) is 8.20. The van der Waals surface area contributed by atoms with E-state index in [4.69, 9.17) is 9.47 Å². The van der Waals surface area contributed by atoms with Crippen LogP contribution in [0.15, 0.2) is 24.3 Å². The number of ether oxygens (including phenoxy) is 2. The first-order valence-electron chi connectivity index (χ1n) is 7.83. The number of hydrogen-bond donors (Lipinski definition) is 0. The van der Waals surface area contributed by atoms with Crippen molar-refractivity contribution in [3.8, 4) is 0 Å². The summed E-state index contributed by atoms with van der Waals surface area (Å²) in [6, 6.07) is 4.77. The van der Waals surface area contributed by atoms with Crippen molar-refractivity contribution < 1.29 is 27.6 Å². The van der Waals surface area contributed by atoms with Crippen LogP contribution in [-0.4, -0.2) is 74.2 Å². The summed E-state index contributed by atoms with van der Waals surface area (Å²) in [5.41, 5.74) is -0.197. The van der Waals surface area contributed by atoms with Gasteiger partial charge in [0.25, 0.3) is 5.69 Å². The Bertz CT molecular complexity index is 774. The first-order chi connectivity index (χ1) is 11.9. The third-order valence-corrected chi connectivity index (χ3v) is 6.02. The lowest BCUT2D eigenvalue weighted by molar-refractivity contribution is -0.384. The fraction of sp³-hybridized carbons (Fsp3) is 0.533. The summed E-state index contributed by atoms with van der Waals surface area (Å²) in [4.78, 5) is 24.5. The molecule has 2 heterocycles. The maximum absolute atomic E-state index is 12.3. The van der Waals surface area contributed by atoms with E-state index in [1.54, 1.807) is 0 Å². The van der Waals surface area contributed by atoms with Crippen molar-refractivity contribution in [3.63, 3.8) is 0 Å². The van der Waals surface area contributed by atoms with E-state index < -0.39 is 32.9 Å². The molecule has 136 valence electrons. The zero-order chi connectivity index (χ0) is 18.0. The molecule has 10 heteroatoms. The zero-order valence-electron chi connectivity index (χ0n) is 13.4. The monoisotopic (exact) mass is 370 g/mol. The molecule has 0 aromatic heterocycles. The van der Waals surface area contributed by atoms with E-state index in [0.717, 1.165) is 6.07 Å². The number of nitro groups is 1. The van der Waals surface area contributed by atoms with Crippen LogP contribution in [0.25, 0.3) is 0 Å². The highest BCUT2D eigenvalue weighted by atomic mass is 32.2. The fourth-order valence-electron chi connectivity index (χ4n) is 3.11. The minimum atomic E-state index is -3.31. The van der Waals surface area contributed by atoms with Crippen LogP contribution in [0.3, 0.4) is 0 Å². The van der Waals surface area contributed by atoms with Gasteiger partial charge in [0.2, 0.25) is 0 Å². The number of non-ortho nitro benzene ring substituents is 1. The molecule has 3 rings (SSSR count). The van der Waals surface area contributed by atoms with Crippen LogP contribution < -0.4 is 0 Å². The van der Waals surface area contributed by atoms with Gasteiger partial charge in [0.15, 0.2) is 9.84 Å². The molecule has 2 fully saturated rings. The average molecular weight is 370 g/mol. The van der Waals surface area contributed by atoms with Crippen LogP contribution >= 0.6 is 0 Å². The van der Waals surface area contributed by atoms with Crippen LogP contribution in [-0.2, 0) is 19.3 Å². The minimum Gasteiger partial charge on any atom is -0.456 e. The molecule has 0 amide bonds. The van der Waals surface area contributed by atoms with Gasteiger partial charge in [0.05, 0.1) is 41.2 Å². The van der Waals surface area contributed by atoms with Crippen molar-refractivity contribution in [2.24, 2.45) is 0 Å². The number of carbonyl (C=O) groups is 1. The maximum Gasteiger partial charge on any atom is 0.338 e. The molecule has 25 heavy (non-hydrogen) atoms. The summed E-state index contributed by atoms with van der Waals surface area (Å²) in [5.74, 6) is -1.07. The number of morpholine rings is 1. The Morgan fingerprint density at radius 3 is 2.68 bits per heavy atom. The smallest absolute Gasteiger partial charge is 0.338 e. The predicted octanol–water partition coefficient (Wildman–Crippen LogP) is 0.249. The molecule has 0 radical (unpaired) electrons. The van der Waals surface area contributed by atoms with E-state index in [2.05, 4.69) is 0 Å². The van der Waals surface area contributed by atoms with Crippen molar-refractivity contribution >= 4 is 21.5 Å². The molecule has 0 saturated carbocycles. The topological polar surface area (TPSA) is 116 Å². The van der Waals surface area contributed by atoms with E-state index in [0.29, 0.717) is 26.3 Å². The number of rotatable bonds is 4. The van der Waals surface area contributed by atoms with Gasteiger partial charge in [-0.1, -0.05) is 6.07 Å². The standard InChI is InChI=1S/C15H18N2O7S/c18-15(11-2-1-3-12(8-11)17(19)20)24-14-10-25(21,22)9-13(14)16-4-6-23-7-5-16/h1-3,8,13-14H,4-7,9-10H2. The molecule has 1 aromatic rings.